The van der Waals surface area contributed by atoms with Crippen molar-refractivity contribution < 1.29 is 5.11 Å². The van der Waals surface area contributed by atoms with Gasteiger partial charge in [0, 0.05) is 56.0 Å². The summed E-state index contributed by atoms with van der Waals surface area (Å²) in [5.74, 6) is 1.25. The molecule has 0 unspecified atom stereocenters. The van der Waals surface area contributed by atoms with Gasteiger partial charge in [0.15, 0.2) is 0 Å². The number of H-pyrrole nitrogens is 1. The first-order chi connectivity index (χ1) is 14.7. The monoisotopic (exact) mass is 404 g/mol. The number of aromatic amines is 1. The standard InChI is InChI=1S/C23H28N6O/c1-2-16-11-21(20-6-3-17(13-22(20)30)18-14-24-25-15-18)26-27-23(12-16)29-9-7-28(8-10-29)19-4-5-19/h3,6,11,13-15,19,30H,2,4-5,7-10,12H2,1H3,(H,24,25). The number of phenolic OH excluding ortho intramolecular Hbond substituents is 1. The highest BCUT2D eigenvalue weighted by Crippen LogP contribution is 2.29. The van der Waals surface area contributed by atoms with E-state index >= 15 is 0 Å². The fourth-order valence-electron chi connectivity index (χ4n) is 4.28. The Morgan fingerprint density at radius 2 is 1.93 bits per heavy atom. The quantitative estimate of drug-likeness (QED) is 0.818. The smallest absolute Gasteiger partial charge is 0.131 e. The predicted octanol–water partition coefficient (Wildman–Crippen LogP) is 3.41. The Kier molecular flexibility index (Phi) is 5.12. The Balaban J connectivity index is 1.39. The maximum absolute atomic E-state index is 10.7. The molecule has 0 bridgehead atoms. The molecule has 1 saturated heterocycles. The van der Waals surface area contributed by atoms with Gasteiger partial charge in [0.05, 0.1) is 11.9 Å². The zero-order valence-corrected chi connectivity index (χ0v) is 17.4. The van der Waals surface area contributed by atoms with Crippen LogP contribution in [-0.4, -0.2) is 68.9 Å². The number of allylic oxidation sites excluding steroid dienone is 1. The van der Waals surface area contributed by atoms with Gasteiger partial charge in [-0.15, -0.1) is 10.2 Å². The van der Waals surface area contributed by atoms with E-state index in [1.807, 2.05) is 18.3 Å². The Hall–Kier alpha value is -2.93. The van der Waals surface area contributed by atoms with Gasteiger partial charge in [-0.05, 0) is 43.0 Å². The van der Waals surface area contributed by atoms with Crippen LogP contribution < -0.4 is 0 Å². The topological polar surface area (TPSA) is 80.1 Å². The molecule has 3 aliphatic rings. The highest BCUT2D eigenvalue weighted by Gasteiger charge is 2.32. The van der Waals surface area contributed by atoms with Gasteiger partial charge in [-0.25, -0.2) is 0 Å². The molecule has 2 N–H and O–H groups in total. The minimum atomic E-state index is 0.204. The van der Waals surface area contributed by atoms with E-state index in [-0.39, 0.29) is 5.75 Å². The van der Waals surface area contributed by atoms with Crippen molar-refractivity contribution in [1.82, 2.24) is 20.0 Å². The molecule has 7 nitrogen and oxygen atoms in total. The summed E-state index contributed by atoms with van der Waals surface area (Å²) in [4.78, 5) is 5.00. The summed E-state index contributed by atoms with van der Waals surface area (Å²) in [6.45, 7) is 6.42. The number of aromatic hydroxyl groups is 1. The van der Waals surface area contributed by atoms with Crippen LogP contribution in [-0.2, 0) is 0 Å². The number of hydrogen-bond acceptors (Lipinski definition) is 6. The molecule has 0 radical (unpaired) electrons. The van der Waals surface area contributed by atoms with E-state index in [9.17, 15) is 5.11 Å². The van der Waals surface area contributed by atoms with E-state index in [1.165, 1.54) is 18.4 Å². The van der Waals surface area contributed by atoms with E-state index in [0.29, 0.717) is 5.56 Å². The number of aromatic nitrogens is 2. The van der Waals surface area contributed by atoms with Crippen LogP contribution in [0.25, 0.3) is 11.1 Å². The average molecular weight is 405 g/mol. The average Bonchev–Trinajstić information content (AvgIpc) is 3.52. The van der Waals surface area contributed by atoms with Gasteiger partial charge in [-0.1, -0.05) is 18.6 Å². The number of rotatable bonds is 4. The number of nitrogens with one attached hydrogen (secondary N) is 1. The summed E-state index contributed by atoms with van der Waals surface area (Å²) in [7, 11) is 0. The van der Waals surface area contributed by atoms with Crippen molar-refractivity contribution in [3.63, 3.8) is 0 Å². The van der Waals surface area contributed by atoms with Crippen molar-refractivity contribution in [2.45, 2.75) is 38.6 Å². The molecule has 1 aromatic carbocycles. The SMILES string of the molecule is CCC1=CC(c2ccc(-c3cn[nH]c3)cc2O)=NN=C(N2CCN(C3CC3)CC2)C1. The fraction of sp³-hybridized carbons (Fsp3) is 0.435. The van der Waals surface area contributed by atoms with E-state index in [4.69, 9.17) is 0 Å². The van der Waals surface area contributed by atoms with Crippen LogP contribution in [0.2, 0.25) is 0 Å². The molecule has 1 saturated carbocycles. The maximum atomic E-state index is 10.7. The molecule has 2 aromatic rings. The molecule has 0 atom stereocenters. The number of piperazine rings is 1. The highest BCUT2D eigenvalue weighted by atomic mass is 16.3. The van der Waals surface area contributed by atoms with Gasteiger partial charge in [0.25, 0.3) is 0 Å². The van der Waals surface area contributed by atoms with Crippen molar-refractivity contribution in [3.05, 3.63) is 47.8 Å². The molecule has 7 heteroatoms. The van der Waals surface area contributed by atoms with Crippen LogP contribution in [0, 0.1) is 0 Å². The number of phenols is 1. The van der Waals surface area contributed by atoms with Crippen LogP contribution in [0.15, 0.2) is 52.4 Å². The summed E-state index contributed by atoms with van der Waals surface area (Å²) in [5, 5.41) is 26.7. The third-order valence-electron chi connectivity index (χ3n) is 6.30. The Bertz CT molecular complexity index is 995. The minimum absolute atomic E-state index is 0.204. The summed E-state index contributed by atoms with van der Waals surface area (Å²) >= 11 is 0. The van der Waals surface area contributed by atoms with E-state index in [2.05, 4.69) is 43.2 Å². The molecule has 5 rings (SSSR count). The summed E-state index contributed by atoms with van der Waals surface area (Å²) < 4.78 is 0. The van der Waals surface area contributed by atoms with Gasteiger partial charge in [-0.2, -0.15) is 5.10 Å². The van der Waals surface area contributed by atoms with E-state index in [0.717, 1.165) is 67.7 Å². The Morgan fingerprint density at radius 1 is 1.10 bits per heavy atom. The lowest BCUT2D eigenvalue weighted by molar-refractivity contribution is 0.173. The zero-order valence-electron chi connectivity index (χ0n) is 17.4. The predicted molar refractivity (Wildman–Crippen MR) is 119 cm³/mol. The number of hydrogen-bond donors (Lipinski definition) is 2. The van der Waals surface area contributed by atoms with Gasteiger partial charge >= 0.3 is 0 Å². The molecular weight excluding hydrogens is 376 g/mol. The van der Waals surface area contributed by atoms with Crippen LogP contribution in [0.4, 0.5) is 0 Å². The molecular formula is C23H28N6O. The first-order valence-electron chi connectivity index (χ1n) is 10.9. The molecule has 0 spiro atoms. The molecule has 0 amide bonds. The second kappa shape index (κ2) is 8.07. The van der Waals surface area contributed by atoms with Gasteiger partial charge in [0.1, 0.15) is 11.6 Å². The zero-order chi connectivity index (χ0) is 20.5. The highest BCUT2D eigenvalue weighted by molar-refractivity contribution is 6.12. The molecule has 3 heterocycles. The molecule has 1 aromatic heterocycles. The fourth-order valence-corrected chi connectivity index (χ4v) is 4.28. The number of nitrogens with zero attached hydrogens (tertiary/aromatic N) is 5. The third kappa shape index (κ3) is 3.89. The van der Waals surface area contributed by atoms with Crippen molar-refractivity contribution >= 4 is 11.5 Å². The Labute approximate surface area is 176 Å². The van der Waals surface area contributed by atoms with Gasteiger partial charge in [-0.3, -0.25) is 10.00 Å². The minimum Gasteiger partial charge on any atom is -0.507 e. The summed E-state index contributed by atoms with van der Waals surface area (Å²) in [5.41, 5.74) is 4.56. The molecule has 2 fully saturated rings. The largest absolute Gasteiger partial charge is 0.507 e. The molecule has 2 aliphatic heterocycles. The maximum Gasteiger partial charge on any atom is 0.131 e. The molecule has 1 aliphatic carbocycles. The number of amidine groups is 1. The summed E-state index contributed by atoms with van der Waals surface area (Å²) in [6.07, 6.45) is 10.1. The van der Waals surface area contributed by atoms with Crippen LogP contribution >= 0.6 is 0 Å². The second-order valence-corrected chi connectivity index (χ2v) is 8.31. The van der Waals surface area contributed by atoms with Gasteiger partial charge in [0.2, 0.25) is 0 Å². The normalized spacial score (nSPS) is 20.4. The van der Waals surface area contributed by atoms with Crippen molar-refractivity contribution in [3.8, 4) is 16.9 Å². The van der Waals surface area contributed by atoms with E-state index < -0.39 is 0 Å². The lowest BCUT2D eigenvalue weighted by Crippen LogP contribution is -2.49. The molecule has 156 valence electrons. The summed E-state index contributed by atoms with van der Waals surface area (Å²) in [6, 6.07) is 6.48. The van der Waals surface area contributed by atoms with Gasteiger partial charge < -0.3 is 10.0 Å². The first kappa shape index (κ1) is 19.1. The first-order valence-corrected chi connectivity index (χ1v) is 10.9. The van der Waals surface area contributed by atoms with Crippen LogP contribution in [0.1, 0.15) is 38.2 Å². The van der Waals surface area contributed by atoms with Crippen molar-refractivity contribution in [2.75, 3.05) is 26.2 Å². The number of benzene rings is 1. The van der Waals surface area contributed by atoms with Crippen molar-refractivity contribution in [2.24, 2.45) is 10.2 Å². The lowest BCUT2D eigenvalue weighted by atomic mass is 10.00. The van der Waals surface area contributed by atoms with E-state index in [1.54, 1.807) is 12.3 Å². The molecule has 30 heavy (non-hydrogen) atoms. The third-order valence-corrected chi connectivity index (χ3v) is 6.30. The van der Waals surface area contributed by atoms with Crippen molar-refractivity contribution in [1.29, 1.82) is 0 Å². The second-order valence-electron chi connectivity index (χ2n) is 8.31. The lowest BCUT2D eigenvalue weighted by Gasteiger charge is -2.36. The van der Waals surface area contributed by atoms with Crippen LogP contribution in [0.5, 0.6) is 5.75 Å². The Morgan fingerprint density at radius 3 is 2.60 bits per heavy atom. The van der Waals surface area contributed by atoms with Crippen LogP contribution in [0.3, 0.4) is 0 Å².